The van der Waals surface area contributed by atoms with E-state index in [9.17, 15) is 12.8 Å². The predicted octanol–water partition coefficient (Wildman–Crippen LogP) is 3.22. The van der Waals surface area contributed by atoms with Crippen LogP contribution in [0.4, 0.5) is 10.3 Å². The number of hydrogen-bond acceptors (Lipinski definition) is 5. The molecule has 1 fully saturated rings. The molecule has 144 valence electrons. The van der Waals surface area contributed by atoms with Gasteiger partial charge in [0.2, 0.25) is 16.0 Å². The predicted molar refractivity (Wildman–Crippen MR) is 105 cm³/mol. The third-order valence-corrected chi connectivity index (χ3v) is 6.18. The number of halogens is 1. The van der Waals surface area contributed by atoms with Crippen LogP contribution in [0.2, 0.25) is 0 Å². The number of nitrogens with two attached hydrogens (primary N) is 1. The fraction of sp³-hybridized carbons (Fsp3) is 0.200. The van der Waals surface area contributed by atoms with Gasteiger partial charge in [0.05, 0.1) is 4.90 Å². The van der Waals surface area contributed by atoms with E-state index in [1.807, 2.05) is 0 Å². The van der Waals surface area contributed by atoms with Crippen molar-refractivity contribution in [3.63, 3.8) is 0 Å². The number of nitrogen functional groups attached to an aromatic ring is 1. The highest BCUT2D eigenvalue weighted by molar-refractivity contribution is 7.89. The molecule has 0 radical (unpaired) electrons. The quantitative estimate of drug-likeness (QED) is 0.664. The van der Waals surface area contributed by atoms with Crippen LogP contribution >= 0.6 is 0 Å². The molecule has 0 spiro atoms. The summed E-state index contributed by atoms with van der Waals surface area (Å²) in [5, 5.41) is 0. The zero-order valence-corrected chi connectivity index (χ0v) is 15.8. The van der Waals surface area contributed by atoms with Gasteiger partial charge in [-0.25, -0.2) is 27.5 Å². The average Bonchev–Trinajstić information content (AvgIpc) is 3.52. The minimum absolute atomic E-state index is 0.110. The lowest BCUT2D eigenvalue weighted by molar-refractivity contribution is 0.577. The van der Waals surface area contributed by atoms with E-state index in [1.165, 1.54) is 24.5 Å². The molecule has 4 rings (SSSR count). The fourth-order valence-electron chi connectivity index (χ4n) is 2.96. The molecule has 0 saturated heterocycles. The number of hydrogen-bond donors (Lipinski definition) is 2. The number of aromatic nitrogens is 2. The molecule has 0 bridgehead atoms. The molecule has 1 heterocycles. The van der Waals surface area contributed by atoms with Gasteiger partial charge in [-0.1, -0.05) is 30.3 Å². The van der Waals surface area contributed by atoms with E-state index in [1.54, 1.807) is 30.3 Å². The minimum Gasteiger partial charge on any atom is -0.368 e. The van der Waals surface area contributed by atoms with Crippen molar-refractivity contribution in [1.29, 1.82) is 0 Å². The number of benzene rings is 2. The lowest BCUT2D eigenvalue weighted by Crippen LogP contribution is -2.26. The van der Waals surface area contributed by atoms with Gasteiger partial charge in [-0.05, 0) is 36.5 Å². The Morgan fingerprint density at radius 1 is 1.04 bits per heavy atom. The van der Waals surface area contributed by atoms with Crippen LogP contribution < -0.4 is 10.5 Å². The smallest absolute Gasteiger partial charge is 0.241 e. The van der Waals surface area contributed by atoms with Gasteiger partial charge in [0.25, 0.3) is 0 Å². The van der Waals surface area contributed by atoms with E-state index >= 15 is 0 Å². The van der Waals surface area contributed by atoms with E-state index in [2.05, 4.69) is 14.7 Å². The summed E-state index contributed by atoms with van der Waals surface area (Å²) in [6.07, 6.45) is 4.98. The number of rotatable bonds is 6. The molecular weight excluding hydrogens is 379 g/mol. The minimum atomic E-state index is -3.68. The fourth-order valence-corrected chi connectivity index (χ4v) is 4.30. The molecule has 3 N–H and O–H groups in total. The Balaban J connectivity index is 1.69. The van der Waals surface area contributed by atoms with Crippen LogP contribution in [0.15, 0.2) is 59.8 Å². The van der Waals surface area contributed by atoms with Crippen molar-refractivity contribution in [3.05, 3.63) is 60.7 Å². The third kappa shape index (κ3) is 3.88. The van der Waals surface area contributed by atoms with Crippen LogP contribution in [0.25, 0.3) is 22.3 Å². The highest BCUT2D eigenvalue weighted by Gasteiger charge is 2.25. The van der Waals surface area contributed by atoms with Crippen molar-refractivity contribution in [2.75, 3.05) is 12.3 Å². The second-order valence-electron chi connectivity index (χ2n) is 6.82. The first kappa shape index (κ1) is 18.5. The molecule has 0 aliphatic heterocycles. The van der Waals surface area contributed by atoms with Gasteiger partial charge in [-0.2, -0.15) is 0 Å². The van der Waals surface area contributed by atoms with E-state index in [0.717, 1.165) is 12.8 Å². The van der Waals surface area contributed by atoms with Crippen LogP contribution in [-0.2, 0) is 10.0 Å². The van der Waals surface area contributed by atoms with Gasteiger partial charge in [0.15, 0.2) is 0 Å². The molecule has 1 saturated carbocycles. The zero-order valence-electron chi connectivity index (χ0n) is 15.0. The first-order valence-corrected chi connectivity index (χ1v) is 10.4. The molecule has 0 amide bonds. The van der Waals surface area contributed by atoms with Gasteiger partial charge < -0.3 is 5.73 Å². The van der Waals surface area contributed by atoms with Gasteiger partial charge in [-0.3, -0.25) is 0 Å². The summed E-state index contributed by atoms with van der Waals surface area (Å²) in [6, 6.07) is 11.2. The highest BCUT2D eigenvalue weighted by atomic mass is 32.2. The van der Waals surface area contributed by atoms with Crippen molar-refractivity contribution >= 4 is 16.0 Å². The summed E-state index contributed by atoms with van der Waals surface area (Å²) in [6.45, 7) is 0.432. The summed E-state index contributed by atoms with van der Waals surface area (Å²) in [5.74, 6) is 0.0309. The van der Waals surface area contributed by atoms with Crippen molar-refractivity contribution in [1.82, 2.24) is 14.7 Å². The van der Waals surface area contributed by atoms with E-state index < -0.39 is 15.8 Å². The second kappa shape index (κ2) is 7.29. The van der Waals surface area contributed by atoms with E-state index in [4.69, 9.17) is 5.73 Å². The zero-order chi connectivity index (χ0) is 19.7. The van der Waals surface area contributed by atoms with Crippen LogP contribution in [0.3, 0.4) is 0 Å². The molecular formula is C20H19FN4O2S. The normalized spacial score (nSPS) is 14.2. The molecule has 1 aliphatic carbocycles. The SMILES string of the molecule is Nc1ncc(-c2ccc(-c3ccccc3S(=O)(=O)NCC3CC3)cc2F)cn1. The summed E-state index contributed by atoms with van der Waals surface area (Å²) in [5.41, 5.74) is 7.20. The molecule has 3 aromatic rings. The van der Waals surface area contributed by atoms with Crippen LogP contribution in [-0.4, -0.2) is 24.9 Å². The molecule has 2 aromatic carbocycles. The van der Waals surface area contributed by atoms with Gasteiger partial charge >= 0.3 is 0 Å². The Hall–Kier alpha value is -2.84. The van der Waals surface area contributed by atoms with Gasteiger partial charge in [-0.15, -0.1) is 0 Å². The third-order valence-electron chi connectivity index (χ3n) is 4.70. The maximum Gasteiger partial charge on any atom is 0.241 e. The first-order valence-electron chi connectivity index (χ1n) is 8.90. The summed E-state index contributed by atoms with van der Waals surface area (Å²) >= 11 is 0. The largest absolute Gasteiger partial charge is 0.368 e. The van der Waals surface area contributed by atoms with Crippen molar-refractivity contribution in [2.24, 2.45) is 5.92 Å². The molecule has 1 aliphatic rings. The maximum atomic E-state index is 14.8. The monoisotopic (exact) mass is 398 g/mol. The number of nitrogens with one attached hydrogen (secondary N) is 1. The van der Waals surface area contributed by atoms with Crippen molar-refractivity contribution in [2.45, 2.75) is 17.7 Å². The lowest BCUT2D eigenvalue weighted by Gasteiger charge is -2.12. The summed E-state index contributed by atoms with van der Waals surface area (Å²) in [4.78, 5) is 7.89. The molecule has 1 aromatic heterocycles. The lowest BCUT2D eigenvalue weighted by atomic mass is 10.0. The Morgan fingerprint density at radius 2 is 1.75 bits per heavy atom. The van der Waals surface area contributed by atoms with Crippen LogP contribution in [0, 0.1) is 11.7 Å². The Bertz CT molecular complexity index is 1110. The molecule has 0 atom stereocenters. The Kier molecular flexibility index (Phi) is 4.82. The number of nitrogens with zero attached hydrogens (tertiary/aromatic N) is 2. The standard InChI is InChI=1S/C20H19FN4O2S/c21-18-9-14(7-8-16(18)15-11-23-20(22)24-12-15)17-3-1-2-4-19(17)28(26,27)25-10-13-5-6-13/h1-4,7-9,11-13,25H,5-6,10H2,(H2,22,23,24). The average molecular weight is 398 g/mol. The summed E-state index contributed by atoms with van der Waals surface area (Å²) < 4.78 is 42.9. The van der Waals surface area contributed by atoms with Gasteiger partial charge in [0, 0.05) is 35.6 Å². The topological polar surface area (TPSA) is 98.0 Å². The van der Waals surface area contributed by atoms with Crippen molar-refractivity contribution in [3.8, 4) is 22.3 Å². The highest BCUT2D eigenvalue weighted by Crippen LogP contribution is 2.32. The number of anilines is 1. The number of sulfonamides is 1. The first-order chi connectivity index (χ1) is 13.4. The van der Waals surface area contributed by atoms with Gasteiger partial charge in [0.1, 0.15) is 5.82 Å². The van der Waals surface area contributed by atoms with Crippen LogP contribution in [0.5, 0.6) is 0 Å². The molecule has 8 heteroatoms. The van der Waals surface area contributed by atoms with Crippen molar-refractivity contribution < 1.29 is 12.8 Å². The Labute approximate surface area is 162 Å². The maximum absolute atomic E-state index is 14.8. The van der Waals surface area contributed by atoms with E-state index in [-0.39, 0.29) is 10.8 Å². The molecule has 0 unspecified atom stereocenters. The molecule has 28 heavy (non-hydrogen) atoms. The van der Waals surface area contributed by atoms with E-state index in [0.29, 0.717) is 34.7 Å². The summed E-state index contributed by atoms with van der Waals surface area (Å²) in [7, 11) is -3.68. The second-order valence-corrected chi connectivity index (χ2v) is 8.55. The van der Waals surface area contributed by atoms with Crippen LogP contribution in [0.1, 0.15) is 12.8 Å². The molecule has 6 nitrogen and oxygen atoms in total. The Morgan fingerprint density at radius 3 is 2.43 bits per heavy atom.